The molecular weight excluding hydrogens is 248 g/mol. The summed E-state index contributed by atoms with van der Waals surface area (Å²) in [5.74, 6) is 0. The molecule has 2 rings (SSSR count). The molecule has 0 amide bonds. The maximum atomic E-state index is 10.3. The molecule has 1 heterocycles. The van der Waals surface area contributed by atoms with Crippen LogP contribution in [0.15, 0.2) is 36.5 Å². The highest BCUT2D eigenvalue weighted by Gasteiger charge is 2.12. The number of benzene rings is 1. The molecule has 1 aromatic carbocycles. The Hall–Kier alpha value is -1.61. The molecule has 108 valence electrons. The van der Waals surface area contributed by atoms with Gasteiger partial charge in [-0.15, -0.1) is 0 Å². The molecule has 1 aromatic heterocycles. The number of aromatic nitrogens is 2. The summed E-state index contributed by atoms with van der Waals surface area (Å²) in [6, 6.07) is 10.5. The van der Waals surface area contributed by atoms with E-state index in [2.05, 4.69) is 18.9 Å². The molecule has 0 radical (unpaired) electrons. The van der Waals surface area contributed by atoms with E-state index in [-0.39, 0.29) is 0 Å². The first-order chi connectivity index (χ1) is 9.63. The summed E-state index contributed by atoms with van der Waals surface area (Å²) in [4.78, 5) is 0. The lowest BCUT2D eigenvalue weighted by atomic mass is 10.0. The molecule has 0 saturated heterocycles. The Bertz CT molecular complexity index is 526. The Morgan fingerprint density at radius 1 is 1.10 bits per heavy atom. The molecule has 1 unspecified atom stereocenters. The Balaban J connectivity index is 2.04. The molecular formula is C17H24N2O. The van der Waals surface area contributed by atoms with Gasteiger partial charge in [-0.2, -0.15) is 5.10 Å². The van der Waals surface area contributed by atoms with Crippen molar-refractivity contribution in [1.29, 1.82) is 0 Å². The fourth-order valence-electron chi connectivity index (χ4n) is 2.46. The van der Waals surface area contributed by atoms with Crippen LogP contribution in [0.1, 0.15) is 55.7 Å². The first-order valence-electron chi connectivity index (χ1n) is 7.42. The summed E-state index contributed by atoms with van der Waals surface area (Å²) >= 11 is 0. The number of aliphatic hydroxyl groups is 1. The molecule has 3 heteroatoms. The van der Waals surface area contributed by atoms with E-state index in [1.54, 1.807) is 0 Å². The molecule has 2 aromatic rings. The zero-order valence-electron chi connectivity index (χ0n) is 12.6. The van der Waals surface area contributed by atoms with E-state index in [9.17, 15) is 5.11 Å². The van der Waals surface area contributed by atoms with Crippen molar-refractivity contribution in [2.45, 2.75) is 52.2 Å². The zero-order chi connectivity index (χ0) is 14.5. The third-order valence-corrected chi connectivity index (χ3v) is 3.84. The quantitative estimate of drug-likeness (QED) is 0.868. The molecule has 0 aliphatic heterocycles. The van der Waals surface area contributed by atoms with Gasteiger partial charge in [-0.25, -0.2) is 0 Å². The smallest absolute Gasteiger partial charge is 0.0846 e. The Morgan fingerprint density at radius 3 is 2.35 bits per heavy atom. The number of aliphatic hydroxyl groups excluding tert-OH is 1. The van der Waals surface area contributed by atoms with Gasteiger partial charge in [-0.1, -0.05) is 43.7 Å². The molecule has 0 spiro atoms. The van der Waals surface area contributed by atoms with Crippen molar-refractivity contribution in [3.63, 3.8) is 0 Å². The summed E-state index contributed by atoms with van der Waals surface area (Å²) in [5, 5.41) is 14.9. The summed E-state index contributed by atoms with van der Waals surface area (Å²) in [6.07, 6.45) is 4.27. The molecule has 0 bridgehead atoms. The second-order valence-electron chi connectivity index (χ2n) is 5.39. The van der Waals surface area contributed by atoms with Crippen LogP contribution in [0.3, 0.4) is 0 Å². The predicted molar refractivity (Wildman–Crippen MR) is 81.7 cm³/mol. The molecule has 1 atom stereocenters. The summed E-state index contributed by atoms with van der Waals surface area (Å²) in [6.45, 7) is 6.40. The summed E-state index contributed by atoms with van der Waals surface area (Å²) < 4.78 is 2.02. The molecule has 20 heavy (non-hydrogen) atoms. The van der Waals surface area contributed by atoms with Crippen molar-refractivity contribution in [1.82, 2.24) is 9.78 Å². The van der Waals surface area contributed by atoms with Gasteiger partial charge in [0.1, 0.15) is 0 Å². The van der Waals surface area contributed by atoms with Gasteiger partial charge >= 0.3 is 0 Å². The second kappa shape index (κ2) is 6.71. The van der Waals surface area contributed by atoms with Gasteiger partial charge < -0.3 is 5.11 Å². The Kier molecular flexibility index (Phi) is 4.96. The average Bonchev–Trinajstić information content (AvgIpc) is 2.89. The van der Waals surface area contributed by atoms with Crippen molar-refractivity contribution < 1.29 is 5.11 Å². The van der Waals surface area contributed by atoms with Gasteiger partial charge in [-0.3, -0.25) is 4.68 Å². The normalized spacial score (nSPS) is 12.8. The van der Waals surface area contributed by atoms with Crippen LogP contribution >= 0.6 is 0 Å². The minimum atomic E-state index is -0.486. The fraction of sp³-hybridized carbons (Fsp3) is 0.471. The summed E-state index contributed by atoms with van der Waals surface area (Å²) in [7, 11) is 0. The number of hydrogen-bond acceptors (Lipinski definition) is 2. The highest BCUT2D eigenvalue weighted by atomic mass is 16.3. The van der Waals surface area contributed by atoms with Crippen LogP contribution in [-0.4, -0.2) is 14.9 Å². The molecule has 0 fully saturated rings. The van der Waals surface area contributed by atoms with E-state index >= 15 is 0 Å². The van der Waals surface area contributed by atoms with Crippen LogP contribution < -0.4 is 0 Å². The van der Waals surface area contributed by atoms with Crippen molar-refractivity contribution in [2.75, 3.05) is 0 Å². The minimum Gasteiger partial charge on any atom is -0.388 e. The van der Waals surface area contributed by atoms with Crippen molar-refractivity contribution in [2.24, 2.45) is 0 Å². The number of rotatable bonds is 6. The third kappa shape index (κ3) is 3.48. The van der Waals surface area contributed by atoms with Crippen LogP contribution in [0.25, 0.3) is 0 Å². The van der Waals surface area contributed by atoms with E-state index in [1.165, 1.54) is 5.56 Å². The predicted octanol–water partition coefficient (Wildman–Crippen LogP) is 3.83. The van der Waals surface area contributed by atoms with E-state index in [4.69, 9.17) is 0 Å². The summed E-state index contributed by atoms with van der Waals surface area (Å²) in [5.41, 5.74) is 3.11. The maximum absolute atomic E-state index is 10.3. The lowest BCUT2D eigenvalue weighted by Gasteiger charge is -2.13. The molecule has 3 nitrogen and oxygen atoms in total. The second-order valence-corrected chi connectivity index (χ2v) is 5.39. The van der Waals surface area contributed by atoms with Crippen molar-refractivity contribution in [3.05, 3.63) is 53.3 Å². The van der Waals surface area contributed by atoms with E-state index in [0.717, 1.165) is 24.1 Å². The average molecular weight is 272 g/mol. The number of aryl methyl sites for hydroxylation is 1. The topological polar surface area (TPSA) is 38.0 Å². The third-order valence-electron chi connectivity index (χ3n) is 3.84. The van der Waals surface area contributed by atoms with Gasteiger partial charge in [0.15, 0.2) is 0 Å². The van der Waals surface area contributed by atoms with Crippen LogP contribution in [0.4, 0.5) is 0 Å². The first kappa shape index (κ1) is 14.8. The number of hydrogen-bond donors (Lipinski definition) is 1. The Morgan fingerprint density at radius 2 is 1.75 bits per heavy atom. The van der Waals surface area contributed by atoms with Crippen LogP contribution in [0.2, 0.25) is 0 Å². The maximum Gasteiger partial charge on any atom is 0.0846 e. The monoisotopic (exact) mass is 272 g/mol. The Labute approximate surface area is 121 Å². The van der Waals surface area contributed by atoms with Crippen LogP contribution in [0, 0.1) is 6.92 Å². The van der Waals surface area contributed by atoms with Crippen molar-refractivity contribution >= 4 is 0 Å². The molecule has 0 aliphatic rings. The van der Waals surface area contributed by atoms with E-state index in [1.807, 2.05) is 48.1 Å². The van der Waals surface area contributed by atoms with Gasteiger partial charge in [-0.05, 0) is 31.4 Å². The highest BCUT2D eigenvalue weighted by molar-refractivity contribution is 5.24. The van der Waals surface area contributed by atoms with Gasteiger partial charge in [0.25, 0.3) is 0 Å². The van der Waals surface area contributed by atoms with Crippen molar-refractivity contribution in [3.8, 4) is 0 Å². The lowest BCUT2D eigenvalue weighted by Crippen LogP contribution is -2.09. The van der Waals surface area contributed by atoms with Gasteiger partial charge in [0.05, 0.1) is 17.8 Å². The number of nitrogens with zero attached hydrogens (tertiary/aromatic N) is 2. The standard InChI is InChI=1S/C17H24N2O/c1-4-16(5-2)19-11-10-15(18-19)12-17(20)14-8-6-13(3)7-9-14/h6-11,16-17,20H,4-5,12H2,1-3H3. The lowest BCUT2D eigenvalue weighted by molar-refractivity contribution is 0.176. The first-order valence-corrected chi connectivity index (χ1v) is 7.42. The molecule has 0 saturated carbocycles. The fourth-order valence-corrected chi connectivity index (χ4v) is 2.46. The minimum absolute atomic E-state index is 0.459. The van der Waals surface area contributed by atoms with Crippen LogP contribution in [-0.2, 0) is 6.42 Å². The zero-order valence-corrected chi connectivity index (χ0v) is 12.6. The largest absolute Gasteiger partial charge is 0.388 e. The molecule has 1 N–H and O–H groups in total. The SMILES string of the molecule is CCC(CC)n1ccc(CC(O)c2ccc(C)cc2)n1. The van der Waals surface area contributed by atoms with Gasteiger partial charge in [0.2, 0.25) is 0 Å². The van der Waals surface area contributed by atoms with E-state index in [0.29, 0.717) is 12.5 Å². The van der Waals surface area contributed by atoms with E-state index < -0.39 is 6.10 Å². The van der Waals surface area contributed by atoms with Crippen LogP contribution in [0.5, 0.6) is 0 Å². The molecule has 0 aliphatic carbocycles. The van der Waals surface area contributed by atoms with Gasteiger partial charge in [0, 0.05) is 12.6 Å². The highest BCUT2D eigenvalue weighted by Crippen LogP contribution is 2.20.